The third-order valence-electron chi connectivity index (χ3n) is 3.15. The van der Waals surface area contributed by atoms with Crippen LogP contribution in [-0.2, 0) is 14.8 Å². The second kappa shape index (κ2) is 7.42. The van der Waals surface area contributed by atoms with Gasteiger partial charge in [-0.1, -0.05) is 20.3 Å². The molecule has 0 saturated carbocycles. The van der Waals surface area contributed by atoms with Gasteiger partial charge in [0.1, 0.15) is 0 Å². The fourth-order valence-electron chi connectivity index (χ4n) is 2.02. The molecule has 7 heteroatoms. The van der Waals surface area contributed by atoms with Crippen molar-refractivity contribution in [2.24, 2.45) is 0 Å². The third-order valence-corrected chi connectivity index (χ3v) is 4.71. The standard InChI is InChI=1S/C14H22N2O4S/c1-4-6-11(5-2)16-21(18,19)13-9-10(15)7-8-12(13)14(17)20-3/h7-9,11,16H,4-6,15H2,1-3H3. The largest absolute Gasteiger partial charge is 0.465 e. The van der Waals surface area contributed by atoms with Crippen LogP contribution in [0.1, 0.15) is 43.5 Å². The molecule has 0 amide bonds. The van der Waals surface area contributed by atoms with Crippen LogP contribution in [0.5, 0.6) is 0 Å². The minimum absolute atomic E-state index is 0.0226. The summed E-state index contributed by atoms with van der Waals surface area (Å²) in [6, 6.07) is 3.92. The molecular weight excluding hydrogens is 292 g/mol. The first-order chi connectivity index (χ1) is 9.85. The Labute approximate surface area is 125 Å². The second-order valence-electron chi connectivity index (χ2n) is 4.76. The summed E-state index contributed by atoms with van der Waals surface area (Å²) >= 11 is 0. The highest BCUT2D eigenvalue weighted by molar-refractivity contribution is 7.89. The third kappa shape index (κ3) is 4.44. The van der Waals surface area contributed by atoms with Crippen LogP contribution < -0.4 is 10.5 Å². The van der Waals surface area contributed by atoms with Gasteiger partial charge in [0.05, 0.1) is 17.6 Å². The van der Waals surface area contributed by atoms with E-state index in [1.54, 1.807) is 0 Å². The van der Waals surface area contributed by atoms with Crippen LogP contribution in [0.25, 0.3) is 0 Å². The van der Waals surface area contributed by atoms with Crippen molar-refractivity contribution in [3.8, 4) is 0 Å². The van der Waals surface area contributed by atoms with E-state index in [4.69, 9.17) is 5.73 Å². The zero-order chi connectivity index (χ0) is 16.0. The van der Waals surface area contributed by atoms with Crippen molar-refractivity contribution in [3.05, 3.63) is 23.8 Å². The van der Waals surface area contributed by atoms with Crippen molar-refractivity contribution in [1.29, 1.82) is 0 Å². The maximum absolute atomic E-state index is 12.5. The van der Waals surface area contributed by atoms with Gasteiger partial charge in [-0.15, -0.1) is 0 Å². The van der Waals surface area contributed by atoms with Crippen molar-refractivity contribution < 1.29 is 17.9 Å². The Kier molecular flexibility index (Phi) is 6.17. The first-order valence-corrected chi connectivity index (χ1v) is 8.34. The highest BCUT2D eigenvalue weighted by Crippen LogP contribution is 2.21. The van der Waals surface area contributed by atoms with Crippen LogP contribution in [0, 0.1) is 0 Å². The average Bonchev–Trinajstić information content (AvgIpc) is 2.45. The van der Waals surface area contributed by atoms with E-state index in [0.29, 0.717) is 6.42 Å². The average molecular weight is 314 g/mol. The lowest BCUT2D eigenvalue weighted by Gasteiger charge is -2.17. The summed E-state index contributed by atoms with van der Waals surface area (Å²) in [7, 11) is -2.63. The molecule has 1 rings (SSSR count). The number of hydrogen-bond acceptors (Lipinski definition) is 5. The van der Waals surface area contributed by atoms with Gasteiger partial charge < -0.3 is 10.5 Å². The maximum atomic E-state index is 12.5. The normalized spacial score (nSPS) is 12.9. The van der Waals surface area contributed by atoms with Crippen molar-refractivity contribution in [2.75, 3.05) is 12.8 Å². The summed E-state index contributed by atoms with van der Waals surface area (Å²) in [6.07, 6.45) is 2.26. The minimum Gasteiger partial charge on any atom is -0.465 e. The van der Waals surface area contributed by atoms with E-state index in [1.807, 2.05) is 13.8 Å². The molecule has 3 N–H and O–H groups in total. The highest BCUT2D eigenvalue weighted by atomic mass is 32.2. The number of nitrogens with two attached hydrogens (primary N) is 1. The number of benzene rings is 1. The monoisotopic (exact) mass is 314 g/mol. The summed E-state index contributed by atoms with van der Waals surface area (Å²) in [5, 5.41) is 0. The molecule has 0 bridgehead atoms. The Morgan fingerprint density at radius 1 is 1.38 bits per heavy atom. The van der Waals surface area contributed by atoms with Crippen molar-refractivity contribution >= 4 is 21.7 Å². The first kappa shape index (κ1) is 17.5. The minimum atomic E-state index is -3.83. The van der Waals surface area contributed by atoms with E-state index in [1.165, 1.54) is 25.3 Å². The van der Waals surface area contributed by atoms with Gasteiger partial charge in [-0.2, -0.15) is 0 Å². The molecule has 118 valence electrons. The Balaban J connectivity index is 3.23. The number of ether oxygens (including phenoxy) is 1. The van der Waals surface area contributed by atoms with Crippen molar-refractivity contribution in [1.82, 2.24) is 4.72 Å². The topological polar surface area (TPSA) is 98.5 Å². The number of rotatable bonds is 7. The molecule has 0 aliphatic heterocycles. The summed E-state index contributed by atoms with van der Waals surface area (Å²) < 4.78 is 32.2. The molecule has 0 aromatic heterocycles. The zero-order valence-electron chi connectivity index (χ0n) is 12.5. The lowest BCUT2D eigenvalue weighted by Crippen LogP contribution is -2.35. The van der Waals surface area contributed by atoms with E-state index in [2.05, 4.69) is 9.46 Å². The van der Waals surface area contributed by atoms with Crippen LogP contribution in [0.15, 0.2) is 23.1 Å². The fourth-order valence-corrected chi connectivity index (χ4v) is 3.60. The van der Waals surface area contributed by atoms with Gasteiger partial charge in [-0.05, 0) is 31.0 Å². The predicted molar refractivity (Wildman–Crippen MR) is 81.5 cm³/mol. The molecule has 0 heterocycles. The van der Waals surface area contributed by atoms with Crippen LogP contribution in [-0.4, -0.2) is 27.5 Å². The maximum Gasteiger partial charge on any atom is 0.339 e. The summed E-state index contributed by atoms with van der Waals surface area (Å²) in [6.45, 7) is 3.89. The number of methoxy groups -OCH3 is 1. The molecule has 0 aliphatic carbocycles. The van der Waals surface area contributed by atoms with Crippen LogP contribution in [0.4, 0.5) is 5.69 Å². The second-order valence-corrected chi connectivity index (χ2v) is 6.44. The summed E-state index contributed by atoms with van der Waals surface area (Å²) in [5.74, 6) is -0.709. The molecule has 1 unspecified atom stereocenters. The Hall–Kier alpha value is -1.60. The number of anilines is 1. The summed E-state index contributed by atoms with van der Waals surface area (Å²) in [5.41, 5.74) is 5.89. The quantitative estimate of drug-likeness (QED) is 0.592. The van der Waals surface area contributed by atoms with Crippen LogP contribution >= 0.6 is 0 Å². The molecular formula is C14H22N2O4S. The van der Waals surface area contributed by atoms with Crippen molar-refractivity contribution in [2.45, 2.75) is 44.0 Å². The van der Waals surface area contributed by atoms with Gasteiger partial charge in [0, 0.05) is 11.7 Å². The highest BCUT2D eigenvalue weighted by Gasteiger charge is 2.25. The van der Waals surface area contributed by atoms with Gasteiger partial charge >= 0.3 is 5.97 Å². The molecule has 1 atom stereocenters. The van der Waals surface area contributed by atoms with E-state index in [9.17, 15) is 13.2 Å². The number of nitrogen functional groups attached to an aromatic ring is 1. The molecule has 0 saturated heterocycles. The van der Waals surface area contributed by atoms with E-state index < -0.39 is 16.0 Å². The molecule has 1 aromatic carbocycles. The van der Waals surface area contributed by atoms with Gasteiger partial charge in [-0.25, -0.2) is 17.9 Å². The molecule has 0 spiro atoms. The molecule has 6 nitrogen and oxygen atoms in total. The predicted octanol–water partition coefficient (Wildman–Crippen LogP) is 1.91. The van der Waals surface area contributed by atoms with E-state index >= 15 is 0 Å². The number of esters is 1. The smallest absolute Gasteiger partial charge is 0.339 e. The number of carbonyl (C=O) groups excluding carboxylic acids is 1. The molecule has 0 fully saturated rings. The van der Waals surface area contributed by atoms with Gasteiger partial charge in [0.15, 0.2) is 0 Å². The van der Waals surface area contributed by atoms with Crippen molar-refractivity contribution in [3.63, 3.8) is 0 Å². The molecule has 1 aromatic rings. The lowest BCUT2D eigenvalue weighted by atomic mass is 10.1. The van der Waals surface area contributed by atoms with Gasteiger partial charge in [0.2, 0.25) is 10.0 Å². The van der Waals surface area contributed by atoms with Crippen LogP contribution in [0.2, 0.25) is 0 Å². The molecule has 0 radical (unpaired) electrons. The number of nitrogens with one attached hydrogen (secondary N) is 1. The molecule has 0 aliphatic rings. The number of sulfonamides is 1. The Bertz CT molecular complexity index is 599. The number of hydrogen-bond donors (Lipinski definition) is 2. The van der Waals surface area contributed by atoms with E-state index in [-0.39, 0.29) is 22.2 Å². The van der Waals surface area contributed by atoms with Gasteiger partial charge in [0.25, 0.3) is 0 Å². The summed E-state index contributed by atoms with van der Waals surface area (Å²) in [4.78, 5) is 11.6. The molecule has 21 heavy (non-hydrogen) atoms. The SMILES string of the molecule is CCCC(CC)NS(=O)(=O)c1cc(N)ccc1C(=O)OC. The lowest BCUT2D eigenvalue weighted by molar-refractivity contribution is 0.0596. The van der Waals surface area contributed by atoms with Gasteiger partial charge in [-0.3, -0.25) is 0 Å². The van der Waals surface area contributed by atoms with Crippen LogP contribution in [0.3, 0.4) is 0 Å². The van der Waals surface area contributed by atoms with E-state index in [0.717, 1.165) is 12.8 Å². The fraction of sp³-hybridized carbons (Fsp3) is 0.500. The number of carbonyl (C=O) groups is 1. The first-order valence-electron chi connectivity index (χ1n) is 6.85. The Morgan fingerprint density at radius 2 is 2.05 bits per heavy atom. The zero-order valence-corrected chi connectivity index (χ0v) is 13.4. The Morgan fingerprint density at radius 3 is 2.57 bits per heavy atom.